The number of carbonyl (C=O) groups excluding carboxylic acids is 3. The summed E-state index contributed by atoms with van der Waals surface area (Å²) in [5.41, 5.74) is -2.33. The quantitative estimate of drug-likeness (QED) is 0.389. The minimum atomic E-state index is -1.64. The van der Waals surface area contributed by atoms with Crippen LogP contribution in [0.15, 0.2) is 0 Å². The van der Waals surface area contributed by atoms with Crippen molar-refractivity contribution < 1.29 is 28.6 Å². The summed E-state index contributed by atoms with van der Waals surface area (Å²) in [6.07, 6.45) is 0.320. The zero-order valence-electron chi connectivity index (χ0n) is 14.5. The minimum Gasteiger partial charge on any atom is -0.465 e. The number of rotatable bonds is 8. The van der Waals surface area contributed by atoms with Crippen LogP contribution in [0.4, 0.5) is 0 Å². The van der Waals surface area contributed by atoms with E-state index in [0.717, 1.165) is 0 Å². The molecule has 0 aromatic heterocycles. The summed E-state index contributed by atoms with van der Waals surface area (Å²) in [5.74, 6) is -2.09. The summed E-state index contributed by atoms with van der Waals surface area (Å²) in [5, 5.41) is 0. The number of ether oxygens (including phenoxy) is 3. The molecule has 0 amide bonds. The van der Waals surface area contributed by atoms with E-state index in [0.29, 0.717) is 6.42 Å². The van der Waals surface area contributed by atoms with Crippen LogP contribution in [0.1, 0.15) is 60.8 Å². The number of hydrogen-bond donors (Lipinski definition) is 0. The lowest BCUT2D eigenvalue weighted by atomic mass is 9.80. The van der Waals surface area contributed by atoms with Gasteiger partial charge in [-0.1, -0.05) is 13.3 Å². The van der Waals surface area contributed by atoms with E-state index in [4.69, 9.17) is 14.2 Å². The van der Waals surface area contributed by atoms with Crippen LogP contribution in [0.25, 0.3) is 0 Å². The Labute approximate surface area is 132 Å². The maximum absolute atomic E-state index is 12.3. The van der Waals surface area contributed by atoms with Crippen molar-refractivity contribution in [2.24, 2.45) is 5.41 Å². The Morgan fingerprint density at radius 3 is 1.64 bits per heavy atom. The Bertz CT molecular complexity index is 376. The van der Waals surface area contributed by atoms with Crippen LogP contribution in [0.2, 0.25) is 0 Å². The molecule has 0 N–H and O–H groups in total. The van der Waals surface area contributed by atoms with Crippen LogP contribution < -0.4 is 0 Å². The third-order valence-corrected chi connectivity index (χ3v) is 2.88. The lowest BCUT2D eigenvalue weighted by Crippen LogP contribution is -2.44. The van der Waals surface area contributed by atoms with Crippen LogP contribution in [-0.2, 0) is 28.6 Å². The van der Waals surface area contributed by atoms with Crippen LogP contribution >= 0.6 is 0 Å². The van der Waals surface area contributed by atoms with Gasteiger partial charge in [0.15, 0.2) is 5.41 Å². The summed E-state index contributed by atoms with van der Waals surface area (Å²) in [6, 6.07) is 0. The molecule has 6 nitrogen and oxygen atoms in total. The maximum atomic E-state index is 12.3. The monoisotopic (exact) mass is 316 g/mol. The molecule has 128 valence electrons. The molecule has 0 heterocycles. The van der Waals surface area contributed by atoms with E-state index < -0.39 is 28.9 Å². The Morgan fingerprint density at radius 2 is 1.32 bits per heavy atom. The second-order valence-electron chi connectivity index (χ2n) is 6.04. The average Bonchev–Trinajstić information content (AvgIpc) is 2.36. The zero-order valence-corrected chi connectivity index (χ0v) is 14.5. The van der Waals surface area contributed by atoms with Gasteiger partial charge in [0.25, 0.3) is 0 Å². The smallest absolute Gasteiger partial charge is 0.324 e. The van der Waals surface area contributed by atoms with Crippen molar-refractivity contribution in [2.75, 3.05) is 13.2 Å². The molecule has 0 atom stereocenters. The van der Waals surface area contributed by atoms with E-state index in [2.05, 4.69) is 0 Å². The average molecular weight is 316 g/mol. The van der Waals surface area contributed by atoms with Crippen LogP contribution in [-0.4, -0.2) is 36.7 Å². The molecule has 0 aliphatic heterocycles. The number of hydrogen-bond acceptors (Lipinski definition) is 6. The molecule has 0 saturated heterocycles. The summed E-state index contributed by atoms with van der Waals surface area (Å²) < 4.78 is 15.3. The fraction of sp³-hybridized carbons (Fsp3) is 0.812. The first-order valence-electron chi connectivity index (χ1n) is 7.69. The second kappa shape index (κ2) is 8.76. The van der Waals surface area contributed by atoms with Gasteiger partial charge >= 0.3 is 17.9 Å². The first kappa shape index (κ1) is 20.4. The number of esters is 3. The van der Waals surface area contributed by atoms with Crippen LogP contribution in [0, 0.1) is 5.41 Å². The van der Waals surface area contributed by atoms with Crippen molar-refractivity contribution in [1.82, 2.24) is 0 Å². The highest BCUT2D eigenvalue weighted by atomic mass is 16.6. The standard InChI is InChI=1S/C16H28O6/c1-7-10-16(13(18)20-8-2,14(19)21-9-3)11-12(17)22-15(4,5)6/h7-11H2,1-6H3. The molecule has 0 aliphatic carbocycles. The Morgan fingerprint density at radius 1 is 0.864 bits per heavy atom. The minimum absolute atomic E-state index is 0.123. The first-order chi connectivity index (χ1) is 10.1. The lowest BCUT2D eigenvalue weighted by Gasteiger charge is -2.29. The van der Waals surface area contributed by atoms with Crippen molar-refractivity contribution in [3.63, 3.8) is 0 Å². The maximum Gasteiger partial charge on any atom is 0.324 e. The zero-order chi connectivity index (χ0) is 17.4. The van der Waals surface area contributed by atoms with E-state index >= 15 is 0 Å². The third-order valence-electron chi connectivity index (χ3n) is 2.88. The molecule has 0 aromatic rings. The molecular weight excluding hydrogens is 288 g/mol. The van der Waals surface area contributed by atoms with Gasteiger partial charge < -0.3 is 14.2 Å². The van der Waals surface area contributed by atoms with E-state index in [9.17, 15) is 14.4 Å². The molecule has 22 heavy (non-hydrogen) atoms. The molecule has 0 aromatic carbocycles. The molecule has 0 fully saturated rings. The summed E-state index contributed by atoms with van der Waals surface area (Å²) >= 11 is 0. The lowest BCUT2D eigenvalue weighted by molar-refractivity contribution is -0.180. The van der Waals surface area contributed by atoms with Crippen molar-refractivity contribution in [2.45, 2.75) is 66.4 Å². The van der Waals surface area contributed by atoms with Gasteiger partial charge in [-0.2, -0.15) is 0 Å². The first-order valence-corrected chi connectivity index (χ1v) is 7.69. The largest absolute Gasteiger partial charge is 0.465 e. The Balaban J connectivity index is 5.48. The van der Waals surface area contributed by atoms with Crippen molar-refractivity contribution in [1.29, 1.82) is 0 Å². The van der Waals surface area contributed by atoms with Crippen molar-refractivity contribution in [3.05, 3.63) is 0 Å². The van der Waals surface area contributed by atoms with Gasteiger partial charge in [0.05, 0.1) is 19.6 Å². The molecule has 0 rings (SSSR count). The van der Waals surface area contributed by atoms with E-state index in [1.54, 1.807) is 34.6 Å². The third kappa shape index (κ3) is 6.03. The van der Waals surface area contributed by atoms with E-state index in [1.165, 1.54) is 0 Å². The molecule has 0 aliphatic rings. The van der Waals surface area contributed by atoms with Crippen molar-refractivity contribution >= 4 is 17.9 Å². The fourth-order valence-corrected chi connectivity index (χ4v) is 2.11. The van der Waals surface area contributed by atoms with Gasteiger partial charge in [-0.05, 0) is 41.0 Å². The van der Waals surface area contributed by atoms with Gasteiger partial charge in [-0.15, -0.1) is 0 Å². The second-order valence-corrected chi connectivity index (χ2v) is 6.04. The highest BCUT2D eigenvalue weighted by molar-refractivity contribution is 6.03. The fourth-order valence-electron chi connectivity index (χ4n) is 2.11. The SMILES string of the molecule is CCCC(CC(=O)OC(C)(C)C)(C(=O)OCC)C(=O)OCC. The van der Waals surface area contributed by atoms with E-state index in [-0.39, 0.29) is 26.1 Å². The molecule has 0 saturated carbocycles. The van der Waals surface area contributed by atoms with Gasteiger partial charge in [0.2, 0.25) is 0 Å². The summed E-state index contributed by atoms with van der Waals surface area (Å²) in [6.45, 7) is 10.5. The van der Waals surface area contributed by atoms with Crippen molar-refractivity contribution in [3.8, 4) is 0 Å². The summed E-state index contributed by atoms with van der Waals surface area (Å²) in [4.78, 5) is 36.8. The predicted octanol–water partition coefficient (Wildman–Crippen LogP) is 2.63. The van der Waals surface area contributed by atoms with Gasteiger partial charge in [-0.25, -0.2) is 0 Å². The molecule has 0 spiro atoms. The van der Waals surface area contributed by atoms with Gasteiger partial charge in [0, 0.05) is 0 Å². The van der Waals surface area contributed by atoms with Gasteiger partial charge in [0.1, 0.15) is 5.60 Å². The Kier molecular flexibility index (Phi) is 8.12. The molecule has 0 unspecified atom stereocenters. The molecule has 0 bridgehead atoms. The highest BCUT2D eigenvalue weighted by Gasteiger charge is 2.50. The summed E-state index contributed by atoms with van der Waals surface area (Å²) in [7, 11) is 0. The molecular formula is C16H28O6. The van der Waals surface area contributed by atoms with Crippen LogP contribution in [0.5, 0.6) is 0 Å². The van der Waals surface area contributed by atoms with E-state index in [1.807, 2.05) is 6.92 Å². The van der Waals surface area contributed by atoms with Crippen LogP contribution in [0.3, 0.4) is 0 Å². The highest BCUT2D eigenvalue weighted by Crippen LogP contribution is 2.33. The normalized spacial score (nSPS) is 11.7. The van der Waals surface area contributed by atoms with Gasteiger partial charge in [-0.3, -0.25) is 14.4 Å². The number of carbonyl (C=O) groups is 3. The predicted molar refractivity (Wildman–Crippen MR) is 81.1 cm³/mol. The topological polar surface area (TPSA) is 78.9 Å². The Hall–Kier alpha value is -1.59. The molecule has 6 heteroatoms. The molecule has 0 radical (unpaired) electrons.